The van der Waals surface area contributed by atoms with E-state index in [1.807, 2.05) is 26.0 Å². The molecule has 4 aromatic heterocycles. The summed E-state index contributed by atoms with van der Waals surface area (Å²) in [5, 5.41) is 30.8. The maximum Gasteiger partial charge on any atom is 0.353 e. The Morgan fingerprint density at radius 3 is 1.62 bits per heavy atom. The second kappa shape index (κ2) is 25.3. The lowest BCUT2D eigenvalue weighted by atomic mass is 9.99. The predicted molar refractivity (Wildman–Crippen MR) is 285 cm³/mol. The largest absolute Gasteiger partial charge is 0.496 e. The highest BCUT2D eigenvalue weighted by atomic mass is 32.2. The number of thiazole rings is 2. The molecule has 0 unspecified atom stereocenters. The molecule has 74 heavy (non-hydrogen) atoms. The first-order chi connectivity index (χ1) is 35.7. The van der Waals surface area contributed by atoms with Gasteiger partial charge >= 0.3 is 24.0 Å². The van der Waals surface area contributed by atoms with Crippen LogP contribution in [-0.4, -0.2) is 90.7 Å². The quantitative estimate of drug-likeness (QED) is 0.0293. The average Bonchev–Trinajstić information content (AvgIpc) is 4.19. The molecule has 7 N–H and O–H groups in total. The number of aromatic carboxylic acids is 2. The lowest BCUT2D eigenvalue weighted by Crippen LogP contribution is -2.21. The molecular formula is C51H45N9O10S4. The summed E-state index contributed by atoms with van der Waals surface area (Å²) in [6.45, 7) is 3.74. The number of aryl methyl sites for hydroxylation is 3. The maximum absolute atomic E-state index is 13.3. The second-order valence-corrected chi connectivity index (χ2v) is 19.9. The number of ether oxygens (including phenoxy) is 2. The highest BCUT2D eigenvalue weighted by Gasteiger charge is 2.22. The third-order valence-electron chi connectivity index (χ3n) is 10.3. The Morgan fingerprint density at radius 1 is 0.581 bits per heavy atom. The number of methoxy groups -OCH3 is 2. The molecule has 0 aliphatic rings. The van der Waals surface area contributed by atoms with E-state index in [0.717, 1.165) is 20.9 Å². The fourth-order valence-electron chi connectivity index (χ4n) is 6.75. The van der Waals surface area contributed by atoms with Gasteiger partial charge in [-0.3, -0.25) is 20.2 Å². The van der Waals surface area contributed by atoms with Crippen LogP contribution in [0.15, 0.2) is 132 Å². The number of carboxylic acid groups (broad SMARTS) is 2. The molecule has 0 fully saturated rings. The summed E-state index contributed by atoms with van der Waals surface area (Å²) < 4.78 is 10.7. The number of imidazole rings is 1. The summed E-state index contributed by atoms with van der Waals surface area (Å²) in [6, 6.07) is 26.4. The van der Waals surface area contributed by atoms with Gasteiger partial charge in [0.1, 0.15) is 17.2 Å². The van der Waals surface area contributed by atoms with Gasteiger partial charge in [0.25, 0.3) is 0 Å². The van der Waals surface area contributed by atoms with Crippen LogP contribution in [0.3, 0.4) is 0 Å². The van der Waals surface area contributed by atoms with Crippen LogP contribution in [0.5, 0.6) is 11.5 Å². The van der Waals surface area contributed by atoms with E-state index in [9.17, 15) is 28.8 Å². The Balaban J connectivity index is 0.000000216. The number of amides is 4. The number of carbonyl (C=O) groups excluding carboxylic acids is 4. The Bertz CT molecular complexity index is 3340. The minimum absolute atomic E-state index is 0.0409. The van der Waals surface area contributed by atoms with Crippen molar-refractivity contribution in [3.05, 3.63) is 176 Å². The van der Waals surface area contributed by atoms with Gasteiger partial charge in [0.15, 0.2) is 27.0 Å². The minimum Gasteiger partial charge on any atom is -0.496 e. The molecular weight excluding hydrogens is 1030 g/mol. The molecule has 0 bridgehead atoms. The number of anilines is 4. The summed E-state index contributed by atoms with van der Waals surface area (Å²) in [6.07, 6.45) is 6.58. The molecule has 4 heterocycles. The predicted octanol–water partition coefficient (Wildman–Crippen LogP) is 10.8. The zero-order valence-corrected chi connectivity index (χ0v) is 43.0. The van der Waals surface area contributed by atoms with Gasteiger partial charge in [-0.05, 0) is 80.9 Å². The molecule has 378 valence electrons. The van der Waals surface area contributed by atoms with E-state index in [1.165, 1.54) is 78.9 Å². The lowest BCUT2D eigenvalue weighted by Gasteiger charge is -2.13. The van der Waals surface area contributed by atoms with Gasteiger partial charge in [0, 0.05) is 51.0 Å². The van der Waals surface area contributed by atoms with Crippen LogP contribution in [0.4, 0.5) is 31.2 Å². The van der Waals surface area contributed by atoms with Crippen LogP contribution in [-0.2, 0) is 12.2 Å². The number of hydrogen-bond acceptors (Lipinski definition) is 16. The van der Waals surface area contributed by atoms with Crippen molar-refractivity contribution in [1.82, 2.24) is 24.9 Å². The van der Waals surface area contributed by atoms with E-state index < -0.39 is 24.0 Å². The molecule has 0 aliphatic heterocycles. The minimum atomic E-state index is -1.06. The molecule has 4 amide bonds. The van der Waals surface area contributed by atoms with E-state index in [0.29, 0.717) is 83.5 Å². The topological polar surface area (TPSA) is 277 Å². The van der Waals surface area contributed by atoms with Gasteiger partial charge in [-0.1, -0.05) is 59.3 Å². The first kappa shape index (κ1) is 53.4. The molecule has 0 spiro atoms. The van der Waals surface area contributed by atoms with E-state index >= 15 is 0 Å². The van der Waals surface area contributed by atoms with Crippen molar-refractivity contribution in [2.75, 3.05) is 41.2 Å². The van der Waals surface area contributed by atoms with Gasteiger partial charge in [0.05, 0.1) is 53.5 Å². The number of benzene rings is 4. The molecule has 8 aromatic rings. The number of nitrogens with zero attached hydrogens (tertiary/aromatic N) is 4. The fourth-order valence-corrected chi connectivity index (χ4v) is 10.2. The van der Waals surface area contributed by atoms with Crippen molar-refractivity contribution in [2.45, 2.75) is 36.2 Å². The lowest BCUT2D eigenvalue weighted by molar-refractivity contribution is 0.0682. The number of para-hydroxylation sites is 2. The standard InChI is InChI=1S/C26H22N4O5S2.C25H23N5O5S2/c1-15-7-9-20(19(11-15)23(31)18-5-3-4-6-21(18)35-2)29-25(34)30-26-28-13-17(37-26)14-36-22-10-8-16(12-27-22)24(32)33;1-14-7-8-18(17(11-14)21(31)16-5-3-4-6-20(16)35-2)28-23(34)30-25-26-12-15(37-25)9-10-36-24-27-13-19(29-24)22(32)33/h3-13H,14H2,1-2H3,(H,32,33)(H2,28,29,30,34);3-8,11-13H,9-10H2,1-2H3,(H,27,29)(H,32,33)(H2,26,28,30,34). The summed E-state index contributed by atoms with van der Waals surface area (Å²) in [7, 11) is 3.00. The monoisotopic (exact) mass is 1070 g/mol. The molecule has 0 saturated heterocycles. The summed E-state index contributed by atoms with van der Waals surface area (Å²) >= 11 is 5.45. The maximum atomic E-state index is 13.3. The molecule has 0 saturated carbocycles. The Morgan fingerprint density at radius 2 is 1.12 bits per heavy atom. The number of pyridine rings is 1. The van der Waals surface area contributed by atoms with Crippen molar-refractivity contribution in [2.24, 2.45) is 0 Å². The molecule has 19 nitrogen and oxygen atoms in total. The van der Waals surface area contributed by atoms with E-state index in [1.54, 1.807) is 91.3 Å². The number of carbonyl (C=O) groups is 6. The van der Waals surface area contributed by atoms with Crippen molar-refractivity contribution >= 4 is 103 Å². The second-order valence-electron chi connectivity index (χ2n) is 15.6. The first-order valence-corrected chi connectivity index (χ1v) is 25.6. The van der Waals surface area contributed by atoms with E-state index in [2.05, 4.69) is 46.2 Å². The van der Waals surface area contributed by atoms with Gasteiger partial charge in [-0.2, -0.15) is 0 Å². The molecule has 0 atom stereocenters. The SMILES string of the molecule is COc1ccccc1C(=O)c1cc(C)ccc1NC(=O)Nc1ncc(CCSc2ncc(C(=O)O)[nH]2)s1.COc1ccccc1C(=O)c1cc(C)ccc1NC(=O)Nc1ncc(CSc2ccc(C(=O)O)cn2)s1. The zero-order chi connectivity index (χ0) is 52.7. The Kier molecular flexibility index (Phi) is 18.3. The van der Waals surface area contributed by atoms with Gasteiger partial charge in [-0.25, -0.2) is 39.1 Å². The van der Waals surface area contributed by atoms with Crippen molar-refractivity contribution in [3.8, 4) is 11.5 Å². The number of aromatic nitrogens is 5. The van der Waals surface area contributed by atoms with Crippen molar-refractivity contribution in [1.29, 1.82) is 0 Å². The summed E-state index contributed by atoms with van der Waals surface area (Å²) in [5.41, 5.74) is 4.13. The van der Waals surface area contributed by atoms with Gasteiger partial charge < -0.3 is 35.3 Å². The van der Waals surface area contributed by atoms with Gasteiger partial charge in [-0.15, -0.1) is 34.4 Å². The molecule has 4 aromatic carbocycles. The molecule has 8 rings (SSSR count). The van der Waals surface area contributed by atoms with Crippen molar-refractivity contribution in [3.63, 3.8) is 0 Å². The van der Waals surface area contributed by atoms with Crippen LogP contribution in [0.25, 0.3) is 0 Å². The number of rotatable bonds is 19. The van der Waals surface area contributed by atoms with Crippen LogP contribution in [0, 0.1) is 13.8 Å². The van der Waals surface area contributed by atoms with Crippen molar-refractivity contribution < 1.29 is 48.5 Å². The zero-order valence-electron chi connectivity index (χ0n) is 39.8. The number of carboxylic acids is 2. The Hall–Kier alpha value is -8.38. The number of aromatic amines is 1. The smallest absolute Gasteiger partial charge is 0.353 e. The van der Waals surface area contributed by atoms with Crippen LogP contribution in [0.2, 0.25) is 0 Å². The number of H-pyrrole nitrogens is 1. The highest BCUT2D eigenvalue weighted by molar-refractivity contribution is 7.99. The molecule has 0 aliphatic carbocycles. The van der Waals surface area contributed by atoms with Crippen LogP contribution < -0.4 is 30.7 Å². The normalized spacial score (nSPS) is 10.6. The van der Waals surface area contributed by atoms with Crippen LogP contribution in [0.1, 0.15) is 73.6 Å². The molecule has 23 heteroatoms. The van der Waals surface area contributed by atoms with E-state index in [-0.39, 0.29) is 22.8 Å². The first-order valence-electron chi connectivity index (χ1n) is 22.0. The Labute approximate surface area is 439 Å². The number of nitrogens with one attached hydrogen (secondary N) is 5. The fraction of sp³-hybridized carbons (Fsp3) is 0.137. The third-order valence-corrected chi connectivity index (χ3v) is 14.3. The summed E-state index contributed by atoms with van der Waals surface area (Å²) in [5.74, 6) is -0.515. The number of thioether (sulfide) groups is 2. The van der Waals surface area contributed by atoms with E-state index in [4.69, 9.17) is 19.7 Å². The summed E-state index contributed by atoms with van der Waals surface area (Å²) in [4.78, 5) is 95.1. The average molecular weight is 1070 g/mol. The number of hydrogen-bond donors (Lipinski definition) is 7. The van der Waals surface area contributed by atoms with Crippen LogP contribution >= 0.6 is 46.2 Å². The number of ketones is 2. The highest BCUT2D eigenvalue weighted by Crippen LogP contribution is 2.30. The number of urea groups is 2. The van der Waals surface area contributed by atoms with Gasteiger partial charge in [0.2, 0.25) is 0 Å². The molecule has 0 radical (unpaired) electrons. The third kappa shape index (κ3) is 14.4.